The fraction of sp³-hybridized carbons (Fsp3) is 0.500. The molecule has 0 unspecified atom stereocenters. The molecule has 2 aromatic rings. The van der Waals surface area contributed by atoms with Crippen LogP contribution >= 0.6 is 11.6 Å². The molecule has 164 valence electrons. The van der Waals surface area contributed by atoms with E-state index in [-0.39, 0.29) is 11.8 Å². The number of allylic oxidation sites excluding steroid dienone is 1. The fourth-order valence-corrected chi connectivity index (χ4v) is 5.49. The molecule has 0 spiro atoms. The van der Waals surface area contributed by atoms with Crippen molar-refractivity contribution in [2.45, 2.75) is 38.3 Å². The lowest BCUT2D eigenvalue weighted by atomic mass is 9.82. The highest BCUT2D eigenvalue weighted by atomic mass is 35.5. The first-order valence-corrected chi connectivity index (χ1v) is 11.0. The average Bonchev–Trinajstić information content (AvgIpc) is 3.49. The summed E-state index contributed by atoms with van der Waals surface area (Å²) < 4.78 is 6.67. The number of hydrogen-bond donors (Lipinski definition) is 2. The number of nitrogens with one attached hydrogen (secondary N) is 1. The van der Waals surface area contributed by atoms with Crippen LogP contribution in [0.15, 0.2) is 23.1 Å². The van der Waals surface area contributed by atoms with Crippen LogP contribution in [0.3, 0.4) is 0 Å². The number of rotatable bonds is 4. The van der Waals surface area contributed by atoms with E-state index >= 15 is 0 Å². The molecule has 3 atom stereocenters. The highest BCUT2D eigenvalue weighted by Gasteiger charge is 2.39. The number of anilines is 1. The summed E-state index contributed by atoms with van der Waals surface area (Å²) in [6.45, 7) is 3.47. The third kappa shape index (κ3) is 3.38. The molecule has 3 heterocycles. The minimum absolute atomic E-state index is 0.172. The topological polar surface area (TPSA) is 96.7 Å². The number of hydrogen-bond acceptors (Lipinski definition) is 6. The van der Waals surface area contributed by atoms with E-state index in [0.717, 1.165) is 32.4 Å². The predicted molar refractivity (Wildman–Crippen MR) is 118 cm³/mol. The molecule has 31 heavy (non-hydrogen) atoms. The third-order valence-corrected chi connectivity index (χ3v) is 7.10. The molecule has 0 bridgehead atoms. The van der Waals surface area contributed by atoms with Crippen LogP contribution in [-0.4, -0.2) is 47.0 Å². The Morgan fingerprint density at radius 1 is 1.35 bits per heavy atom. The zero-order chi connectivity index (χ0) is 21.9. The average molecular weight is 445 g/mol. The SMILES string of the molecule is CN[C@@H]1C=CC[C@@H]2CN(c3nc(C)c4c(=O)c(OC(=O)O)cn(C5CC5)c4c3Cl)C[C@@H]21. The Balaban J connectivity index is 1.64. The molecule has 9 heteroatoms. The van der Waals surface area contributed by atoms with Crippen molar-refractivity contribution in [3.05, 3.63) is 39.3 Å². The van der Waals surface area contributed by atoms with Gasteiger partial charge in [-0.15, -0.1) is 0 Å². The number of halogens is 1. The minimum Gasteiger partial charge on any atom is -0.449 e. The number of carbonyl (C=O) groups is 1. The Morgan fingerprint density at radius 3 is 2.81 bits per heavy atom. The minimum atomic E-state index is -1.51. The maximum Gasteiger partial charge on any atom is 0.511 e. The van der Waals surface area contributed by atoms with Gasteiger partial charge in [0.2, 0.25) is 5.43 Å². The van der Waals surface area contributed by atoms with Crippen molar-refractivity contribution in [1.82, 2.24) is 14.9 Å². The molecular formula is C22H25ClN4O4. The fourth-order valence-electron chi connectivity index (χ4n) is 5.13. The molecule has 2 N–H and O–H groups in total. The molecule has 3 aliphatic rings. The maximum absolute atomic E-state index is 13.0. The number of ether oxygens (including phenoxy) is 1. The van der Waals surface area contributed by atoms with Gasteiger partial charge in [0.1, 0.15) is 10.8 Å². The third-order valence-electron chi connectivity index (χ3n) is 6.75. The second-order valence-corrected chi connectivity index (χ2v) is 9.07. The normalized spacial score (nSPS) is 25.1. The number of nitrogens with zero attached hydrogens (tertiary/aromatic N) is 3. The van der Waals surface area contributed by atoms with E-state index in [1.807, 2.05) is 11.6 Å². The van der Waals surface area contributed by atoms with E-state index in [1.165, 1.54) is 6.20 Å². The lowest BCUT2D eigenvalue weighted by molar-refractivity contribution is 0.143. The number of fused-ring (bicyclic) bond motifs is 2. The van der Waals surface area contributed by atoms with E-state index in [1.54, 1.807) is 6.92 Å². The molecule has 1 saturated heterocycles. The van der Waals surface area contributed by atoms with Crippen molar-refractivity contribution in [1.29, 1.82) is 0 Å². The number of carboxylic acid groups (broad SMARTS) is 1. The summed E-state index contributed by atoms with van der Waals surface area (Å²) in [5.41, 5.74) is 0.651. The van der Waals surface area contributed by atoms with Crippen molar-refractivity contribution in [3.63, 3.8) is 0 Å². The standard InChI is InChI=1S/C22H25ClN4O4/c1-11-17-19(27(13-6-7-13)10-16(20(17)28)31-22(29)30)18(23)21(25-11)26-8-12-4-3-5-15(24-2)14(12)9-26/h3,5,10,12-15,24H,4,6-9H2,1-2H3,(H,29,30)/t12-,14+,15-/m1/s1. The van der Waals surface area contributed by atoms with Crippen LogP contribution in [0.2, 0.25) is 5.02 Å². The van der Waals surface area contributed by atoms with Gasteiger partial charge in [-0.2, -0.15) is 0 Å². The number of aromatic nitrogens is 2. The summed E-state index contributed by atoms with van der Waals surface area (Å²) in [6.07, 6.45) is 7.37. The molecule has 8 nitrogen and oxygen atoms in total. The van der Waals surface area contributed by atoms with E-state index in [9.17, 15) is 9.59 Å². The van der Waals surface area contributed by atoms with Crippen molar-refractivity contribution in [3.8, 4) is 5.75 Å². The van der Waals surface area contributed by atoms with Gasteiger partial charge < -0.3 is 24.6 Å². The molecule has 2 aliphatic carbocycles. The van der Waals surface area contributed by atoms with Gasteiger partial charge in [-0.3, -0.25) is 4.79 Å². The molecule has 1 aliphatic heterocycles. The smallest absolute Gasteiger partial charge is 0.449 e. The molecule has 2 aromatic heterocycles. The number of pyridine rings is 2. The quantitative estimate of drug-likeness (QED) is 0.551. The molecule has 5 rings (SSSR count). The van der Waals surface area contributed by atoms with Crippen LogP contribution < -0.4 is 20.4 Å². The van der Waals surface area contributed by atoms with E-state index in [0.29, 0.717) is 45.3 Å². The van der Waals surface area contributed by atoms with Crippen molar-refractivity contribution >= 4 is 34.5 Å². The zero-order valence-electron chi connectivity index (χ0n) is 17.5. The summed E-state index contributed by atoms with van der Waals surface area (Å²) in [6, 6.07) is 0.495. The summed E-state index contributed by atoms with van der Waals surface area (Å²) >= 11 is 6.92. The van der Waals surface area contributed by atoms with Crippen LogP contribution in [0.25, 0.3) is 10.9 Å². The summed E-state index contributed by atoms with van der Waals surface area (Å²) in [7, 11) is 1.98. The lowest BCUT2D eigenvalue weighted by Gasteiger charge is -2.28. The van der Waals surface area contributed by atoms with Gasteiger partial charge in [-0.1, -0.05) is 23.8 Å². The summed E-state index contributed by atoms with van der Waals surface area (Å²) in [4.78, 5) is 31.1. The molecule has 0 radical (unpaired) electrons. The first-order chi connectivity index (χ1) is 14.9. The van der Waals surface area contributed by atoms with E-state index < -0.39 is 11.6 Å². The second kappa shape index (κ2) is 7.53. The van der Waals surface area contributed by atoms with Crippen LogP contribution in [0.5, 0.6) is 5.75 Å². The molecule has 0 aromatic carbocycles. The van der Waals surface area contributed by atoms with Gasteiger partial charge in [0.25, 0.3) is 0 Å². The van der Waals surface area contributed by atoms with Gasteiger partial charge in [-0.25, -0.2) is 9.78 Å². The number of likely N-dealkylation sites (N-methyl/N-ethyl adjacent to an activating group) is 1. The maximum atomic E-state index is 13.0. The molecule has 0 amide bonds. The predicted octanol–water partition coefficient (Wildman–Crippen LogP) is 3.35. The van der Waals surface area contributed by atoms with Crippen molar-refractivity contribution in [2.24, 2.45) is 11.8 Å². The highest BCUT2D eigenvalue weighted by molar-refractivity contribution is 6.37. The van der Waals surface area contributed by atoms with E-state index in [2.05, 4.69) is 22.4 Å². The number of aryl methyl sites for hydroxylation is 1. The van der Waals surface area contributed by atoms with Crippen molar-refractivity contribution in [2.75, 3.05) is 25.0 Å². The summed E-state index contributed by atoms with van der Waals surface area (Å²) in [5.74, 6) is 1.47. The Morgan fingerprint density at radius 2 is 2.13 bits per heavy atom. The Kier molecular flexibility index (Phi) is 4.94. The zero-order valence-corrected chi connectivity index (χ0v) is 18.2. The van der Waals surface area contributed by atoms with Gasteiger partial charge in [0.05, 0.1) is 22.8 Å². The van der Waals surface area contributed by atoms with Gasteiger partial charge in [0, 0.05) is 31.1 Å². The monoisotopic (exact) mass is 444 g/mol. The van der Waals surface area contributed by atoms with Gasteiger partial charge >= 0.3 is 6.16 Å². The van der Waals surface area contributed by atoms with Crippen molar-refractivity contribution < 1.29 is 14.6 Å². The Labute approximate surface area is 184 Å². The summed E-state index contributed by atoms with van der Waals surface area (Å²) in [5, 5.41) is 13.2. The van der Waals surface area contributed by atoms with Gasteiger partial charge in [0.15, 0.2) is 5.75 Å². The Hall–Kier alpha value is -2.58. The van der Waals surface area contributed by atoms with Crippen LogP contribution in [-0.2, 0) is 0 Å². The molecule has 1 saturated carbocycles. The van der Waals surface area contributed by atoms with Gasteiger partial charge in [-0.05, 0) is 39.2 Å². The highest BCUT2D eigenvalue weighted by Crippen LogP contribution is 2.43. The first-order valence-electron chi connectivity index (χ1n) is 10.6. The second-order valence-electron chi connectivity index (χ2n) is 8.69. The van der Waals surface area contributed by atoms with E-state index in [4.69, 9.17) is 26.4 Å². The largest absolute Gasteiger partial charge is 0.511 e. The van der Waals surface area contributed by atoms with Crippen LogP contribution in [0, 0.1) is 18.8 Å². The van der Waals surface area contributed by atoms with Crippen LogP contribution in [0.1, 0.15) is 31.0 Å². The lowest BCUT2D eigenvalue weighted by Crippen LogP contribution is -2.38. The molecule has 2 fully saturated rings. The Bertz CT molecular complexity index is 1160. The molecular weight excluding hydrogens is 420 g/mol. The first kappa shape index (κ1) is 20.3. The van der Waals surface area contributed by atoms with Crippen LogP contribution in [0.4, 0.5) is 10.6 Å².